The van der Waals surface area contributed by atoms with Gasteiger partial charge in [0.1, 0.15) is 5.76 Å². The number of nitriles is 1. The van der Waals surface area contributed by atoms with Crippen LogP contribution in [0.3, 0.4) is 0 Å². The average molecular weight is 284 g/mol. The van der Waals surface area contributed by atoms with Gasteiger partial charge in [-0.05, 0) is 28.1 Å². The van der Waals surface area contributed by atoms with Crippen LogP contribution in [-0.4, -0.2) is 42.5 Å². The van der Waals surface area contributed by atoms with Crippen LogP contribution in [-0.2, 0) is 6.54 Å². The maximum Gasteiger partial charge on any atom is 0.169 e. The molecule has 2 rings (SSSR count). The first-order chi connectivity index (χ1) is 7.78. The summed E-state index contributed by atoms with van der Waals surface area (Å²) in [6.07, 6.45) is 0. The summed E-state index contributed by atoms with van der Waals surface area (Å²) < 4.78 is 6.25. The Hall–Kier alpha value is -0.830. The van der Waals surface area contributed by atoms with E-state index in [0.717, 1.165) is 43.2 Å². The SMILES string of the molecule is N#CCN1CCN(Cc2ccc(Br)o2)CC1. The summed E-state index contributed by atoms with van der Waals surface area (Å²) in [5, 5.41) is 8.60. The Kier molecular flexibility index (Phi) is 3.99. The normalized spacial score (nSPS) is 18.5. The Morgan fingerprint density at radius 3 is 2.50 bits per heavy atom. The topological polar surface area (TPSA) is 43.4 Å². The van der Waals surface area contributed by atoms with Gasteiger partial charge in [-0.2, -0.15) is 5.26 Å². The summed E-state index contributed by atoms with van der Waals surface area (Å²) >= 11 is 3.30. The zero-order valence-electron chi connectivity index (χ0n) is 9.03. The van der Waals surface area contributed by atoms with Gasteiger partial charge < -0.3 is 4.42 Å². The third kappa shape index (κ3) is 3.08. The largest absolute Gasteiger partial charge is 0.453 e. The van der Waals surface area contributed by atoms with Gasteiger partial charge in [-0.1, -0.05) is 0 Å². The van der Waals surface area contributed by atoms with Crippen molar-refractivity contribution in [3.8, 4) is 6.07 Å². The van der Waals surface area contributed by atoms with Crippen LogP contribution in [0.4, 0.5) is 0 Å². The molecule has 0 saturated carbocycles. The predicted octanol–water partition coefficient (Wildman–Crippen LogP) is 1.68. The number of hydrogen-bond donors (Lipinski definition) is 0. The van der Waals surface area contributed by atoms with Crippen molar-refractivity contribution in [2.45, 2.75) is 6.54 Å². The molecule has 0 spiro atoms. The molecule has 16 heavy (non-hydrogen) atoms. The molecule has 0 unspecified atom stereocenters. The second-order valence-corrected chi connectivity index (χ2v) is 4.70. The van der Waals surface area contributed by atoms with Crippen LogP contribution in [0.5, 0.6) is 0 Å². The van der Waals surface area contributed by atoms with E-state index in [1.807, 2.05) is 12.1 Å². The van der Waals surface area contributed by atoms with Gasteiger partial charge in [0.05, 0.1) is 19.2 Å². The van der Waals surface area contributed by atoms with Crippen molar-refractivity contribution in [1.82, 2.24) is 9.80 Å². The van der Waals surface area contributed by atoms with E-state index < -0.39 is 0 Å². The lowest BCUT2D eigenvalue weighted by molar-refractivity contribution is 0.130. The molecule has 0 N–H and O–H groups in total. The molecule has 1 aliphatic rings. The number of halogens is 1. The van der Waals surface area contributed by atoms with Gasteiger partial charge in [0.2, 0.25) is 0 Å². The molecule has 5 heteroatoms. The molecule has 1 fully saturated rings. The van der Waals surface area contributed by atoms with Crippen molar-refractivity contribution >= 4 is 15.9 Å². The fourth-order valence-corrected chi connectivity index (χ4v) is 2.20. The van der Waals surface area contributed by atoms with Gasteiger partial charge in [-0.25, -0.2) is 0 Å². The van der Waals surface area contributed by atoms with E-state index in [9.17, 15) is 0 Å². The molecular formula is C11H14BrN3O. The van der Waals surface area contributed by atoms with Gasteiger partial charge in [-0.3, -0.25) is 9.80 Å². The fraction of sp³-hybridized carbons (Fsp3) is 0.545. The number of furan rings is 1. The second kappa shape index (κ2) is 5.48. The van der Waals surface area contributed by atoms with Crippen molar-refractivity contribution in [1.29, 1.82) is 5.26 Å². The number of piperazine rings is 1. The average Bonchev–Trinajstić information content (AvgIpc) is 2.67. The molecule has 0 aliphatic carbocycles. The standard InChI is InChI=1S/C11H14BrN3O/c12-11-2-1-10(16-11)9-15-7-5-14(4-3-13)6-8-15/h1-2H,4-9H2. The predicted molar refractivity (Wildman–Crippen MR) is 63.7 cm³/mol. The van der Waals surface area contributed by atoms with Crippen LogP contribution >= 0.6 is 15.9 Å². The van der Waals surface area contributed by atoms with Crippen LogP contribution in [0.25, 0.3) is 0 Å². The van der Waals surface area contributed by atoms with Crippen molar-refractivity contribution in [3.63, 3.8) is 0 Å². The van der Waals surface area contributed by atoms with E-state index in [1.165, 1.54) is 0 Å². The molecule has 2 heterocycles. The fourth-order valence-electron chi connectivity index (χ4n) is 1.86. The maximum atomic E-state index is 8.60. The molecule has 0 radical (unpaired) electrons. The lowest BCUT2D eigenvalue weighted by Crippen LogP contribution is -2.45. The zero-order chi connectivity index (χ0) is 11.4. The third-order valence-electron chi connectivity index (χ3n) is 2.77. The van der Waals surface area contributed by atoms with E-state index in [2.05, 4.69) is 31.8 Å². The monoisotopic (exact) mass is 283 g/mol. The maximum absolute atomic E-state index is 8.60. The van der Waals surface area contributed by atoms with E-state index in [0.29, 0.717) is 6.54 Å². The van der Waals surface area contributed by atoms with E-state index >= 15 is 0 Å². The Morgan fingerprint density at radius 2 is 1.94 bits per heavy atom. The Morgan fingerprint density at radius 1 is 1.25 bits per heavy atom. The highest BCUT2D eigenvalue weighted by atomic mass is 79.9. The molecule has 0 atom stereocenters. The van der Waals surface area contributed by atoms with Crippen molar-refractivity contribution in [3.05, 3.63) is 22.6 Å². The first-order valence-electron chi connectivity index (χ1n) is 5.34. The van der Waals surface area contributed by atoms with Gasteiger partial charge >= 0.3 is 0 Å². The molecule has 0 bridgehead atoms. The summed E-state index contributed by atoms with van der Waals surface area (Å²) in [4.78, 5) is 4.52. The van der Waals surface area contributed by atoms with Crippen LogP contribution in [0.15, 0.2) is 21.2 Å². The highest BCUT2D eigenvalue weighted by Crippen LogP contribution is 2.16. The summed E-state index contributed by atoms with van der Waals surface area (Å²) in [5.74, 6) is 0.987. The molecule has 1 aromatic rings. The lowest BCUT2D eigenvalue weighted by Gasteiger charge is -2.32. The third-order valence-corrected chi connectivity index (χ3v) is 3.19. The van der Waals surface area contributed by atoms with Crippen molar-refractivity contribution < 1.29 is 4.42 Å². The van der Waals surface area contributed by atoms with Gasteiger partial charge in [0.15, 0.2) is 4.67 Å². The smallest absolute Gasteiger partial charge is 0.169 e. The van der Waals surface area contributed by atoms with Crippen molar-refractivity contribution in [2.24, 2.45) is 0 Å². The highest BCUT2D eigenvalue weighted by molar-refractivity contribution is 9.10. The van der Waals surface area contributed by atoms with Crippen LogP contribution in [0.1, 0.15) is 5.76 Å². The molecule has 0 amide bonds. The van der Waals surface area contributed by atoms with Crippen molar-refractivity contribution in [2.75, 3.05) is 32.7 Å². The van der Waals surface area contributed by atoms with Crippen LogP contribution in [0.2, 0.25) is 0 Å². The van der Waals surface area contributed by atoms with E-state index in [1.54, 1.807) is 0 Å². The molecule has 1 aromatic heterocycles. The molecule has 86 valence electrons. The minimum absolute atomic E-state index is 0.542. The van der Waals surface area contributed by atoms with Crippen LogP contribution in [0, 0.1) is 11.3 Å². The van der Waals surface area contributed by atoms with Gasteiger partial charge in [0.25, 0.3) is 0 Å². The summed E-state index contributed by atoms with van der Waals surface area (Å²) in [5.41, 5.74) is 0. The molecule has 1 aliphatic heterocycles. The zero-order valence-corrected chi connectivity index (χ0v) is 10.6. The Labute approximate surface area is 104 Å². The van der Waals surface area contributed by atoms with E-state index in [-0.39, 0.29) is 0 Å². The quantitative estimate of drug-likeness (QED) is 0.792. The van der Waals surface area contributed by atoms with Crippen LogP contribution < -0.4 is 0 Å². The lowest BCUT2D eigenvalue weighted by atomic mass is 10.3. The number of nitrogens with zero attached hydrogens (tertiary/aromatic N) is 3. The summed E-state index contributed by atoms with van der Waals surface area (Å²) in [6, 6.07) is 6.10. The Balaban J connectivity index is 1.79. The van der Waals surface area contributed by atoms with E-state index in [4.69, 9.17) is 9.68 Å². The summed E-state index contributed by atoms with van der Waals surface area (Å²) in [6.45, 7) is 5.33. The molecule has 0 aromatic carbocycles. The first-order valence-corrected chi connectivity index (χ1v) is 6.13. The van der Waals surface area contributed by atoms with Gasteiger partial charge in [0, 0.05) is 26.2 Å². The summed E-state index contributed by atoms with van der Waals surface area (Å²) in [7, 11) is 0. The molecular weight excluding hydrogens is 270 g/mol. The Bertz CT molecular complexity index is 377. The first kappa shape index (κ1) is 11.6. The van der Waals surface area contributed by atoms with Gasteiger partial charge in [-0.15, -0.1) is 0 Å². The highest BCUT2D eigenvalue weighted by Gasteiger charge is 2.17. The minimum Gasteiger partial charge on any atom is -0.453 e. The number of hydrogen-bond acceptors (Lipinski definition) is 4. The molecule has 4 nitrogen and oxygen atoms in total. The minimum atomic E-state index is 0.542. The number of rotatable bonds is 3. The second-order valence-electron chi connectivity index (χ2n) is 3.92. The molecule has 1 saturated heterocycles.